The van der Waals surface area contributed by atoms with Crippen LogP contribution in [0.5, 0.6) is 0 Å². The zero-order valence-corrected chi connectivity index (χ0v) is 10.5. The molecule has 1 saturated heterocycles. The minimum absolute atomic E-state index is 0.357. The molecule has 1 aliphatic heterocycles. The number of aromatic nitrogens is 2. The predicted octanol–water partition coefficient (Wildman–Crippen LogP) is 0.907. The van der Waals surface area contributed by atoms with Gasteiger partial charge in [0.1, 0.15) is 0 Å². The van der Waals surface area contributed by atoms with Crippen LogP contribution in [0.15, 0.2) is 0 Å². The van der Waals surface area contributed by atoms with Crippen LogP contribution in [0.2, 0.25) is 0 Å². The van der Waals surface area contributed by atoms with Gasteiger partial charge in [-0.3, -0.25) is 9.48 Å². The Balaban J connectivity index is 2.21. The summed E-state index contributed by atoms with van der Waals surface area (Å²) < 4.78 is 2.04. The van der Waals surface area contributed by atoms with Gasteiger partial charge < -0.3 is 10.4 Å². The number of carboxylic acids is 1. The fraction of sp³-hybridized carbons (Fsp3) is 0.667. The van der Waals surface area contributed by atoms with Gasteiger partial charge in [0, 0.05) is 18.8 Å². The Morgan fingerprint density at radius 3 is 2.71 bits per heavy atom. The Kier molecular flexibility index (Phi) is 3.19. The molecule has 0 bridgehead atoms. The van der Waals surface area contributed by atoms with E-state index < -0.39 is 5.97 Å². The van der Waals surface area contributed by atoms with E-state index in [2.05, 4.69) is 10.4 Å². The zero-order chi connectivity index (χ0) is 12.6. The standard InChI is InChI=1S/C12H19N3O2/c1-7(12(16)17)4-11-8(2)14-15(9(11)3)10-5-13-6-10/h7,10,13H,4-6H2,1-3H3,(H,16,17). The van der Waals surface area contributed by atoms with Crippen molar-refractivity contribution in [1.29, 1.82) is 0 Å². The molecular formula is C12H19N3O2. The molecule has 1 fully saturated rings. The number of nitrogens with zero attached hydrogens (tertiary/aromatic N) is 2. The Morgan fingerprint density at radius 1 is 1.59 bits per heavy atom. The monoisotopic (exact) mass is 237 g/mol. The Morgan fingerprint density at radius 2 is 2.24 bits per heavy atom. The molecule has 1 atom stereocenters. The summed E-state index contributed by atoms with van der Waals surface area (Å²) in [5.41, 5.74) is 3.16. The number of hydrogen-bond acceptors (Lipinski definition) is 3. The highest BCUT2D eigenvalue weighted by Crippen LogP contribution is 2.22. The third kappa shape index (κ3) is 2.20. The number of hydrogen-bond donors (Lipinski definition) is 2. The van der Waals surface area contributed by atoms with E-state index in [1.165, 1.54) is 0 Å². The normalized spacial score (nSPS) is 17.8. The van der Waals surface area contributed by atoms with Crippen LogP contribution in [0.4, 0.5) is 0 Å². The largest absolute Gasteiger partial charge is 0.481 e. The summed E-state index contributed by atoms with van der Waals surface area (Å²) >= 11 is 0. The molecule has 0 saturated carbocycles. The van der Waals surface area contributed by atoms with Crippen LogP contribution in [0.25, 0.3) is 0 Å². The average molecular weight is 237 g/mol. The molecule has 1 aromatic heterocycles. The molecule has 1 unspecified atom stereocenters. The van der Waals surface area contributed by atoms with Crippen LogP contribution in [-0.4, -0.2) is 33.9 Å². The summed E-state index contributed by atoms with van der Waals surface area (Å²) in [6.45, 7) is 7.64. The van der Waals surface area contributed by atoms with Crippen molar-refractivity contribution in [1.82, 2.24) is 15.1 Å². The fourth-order valence-corrected chi connectivity index (χ4v) is 2.19. The summed E-state index contributed by atoms with van der Waals surface area (Å²) in [6, 6.07) is 0.433. The van der Waals surface area contributed by atoms with Gasteiger partial charge in [-0.2, -0.15) is 5.10 Å². The summed E-state index contributed by atoms with van der Waals surface area (Å²) in [4.78, 5) is 10.9. The SMILES string of the molecule is Cc1nn(C2CNC2)c(C)c1CC(C)C(=O)O. The lowest BCUT2D eigenvalue weighted by atomic mass is 9.99. The predicted molar refractivity (Wildman–Crippen MR) is 64.1 cm³/mol. The molecule has 17 heavy (non-hydrogen) atoms. The first-order valence-corrected chi connectivity index (χ1v) is 5.98. The second-order valence-corrected chi connectivity index (χ2v) is 4.85. The maximum atomic E-state index is 10.9. The Labute approximate surface area is 101 Å². The number of carbonyl (C=O) groups is 1. The highest BCUT2D eigenvalue weighted by atomic mass is 16.4. The molecule has 2 heterocycles. The number of carboxylic acid groups (broad SMARTS) is 1. The molecule has 2 N–H and O–H groups in total. The summed E-state index contributed by atoms with van der Waals surface area (Å²) in [6.07, 6.45) is 0.563. The van der Waals surface area contributed by atoms with Gasteiger partial charge in [-0.05, 0) is 25.8 Å². The van der Waals surface area contributed by atoms with Gasteiger partial charge in [-0.1, -0.05) is 6.92 Å². The van der Waals surface area contributed by atoms with E-state index in [1.54, 1.807) is 6.92 Å². The van der Waals surface area contributed by atoms with E-state index in [0.717, 1.165) is 30.0 Å². The van der Waals surface area contributed by atoms with E-state index in [1.807, 2.05) is 18.5 Å². The van der Waals surface area contributed by atoms with Gasteiger partial charge in [0.25, 0.3) is 0 Å². The van der Waals surface area contributed by atoms with Crippen molar-refractivity contribution in [2.45, 2.75) is 33.2 Å². The topological polar surface area (TPSA) is 67.2 Å². The number of aliphatic carboxylic acids is 1. The van der Waals surface area contributed by atoms with Crippen molar-refractivity contribution < 1.29 is 9.90 Å². The summed E-state index contributed by atoms with van der Waals surface area (Å²) in [5.74, 6) is -1.11. The van der Waals surface area contributed by atoms with Gasteiger partial charge in [-0.15, -0.1) is 0 Å². The molecule has 1 aromatic rings. The van der Waals surface area contributed by atoms with Crippen LogP contribution < -0.4 is 5.32 Å². The van der Waals surface area contributed by atoms with Crippen molar-refractivity contribution >= 4 is 5.97 Å². The van der Waals surface area contributed by atoms with Gasteiger partial charge in [0.15, 0.2) is 0 Å². The first-order chi connectivity index (χ1) is 8.00. The molecule has 5 heteroatoms. The zero-order valence-electron chi connectivity index (χ0n) is 10.5. The van der Waals surface area contributed by atoms with E-state index >= 15 is 0 Å². The van der Waals surface area contributed by atoms with Crippen LogP contribution in [0, 0.1) is 19.8 Å². The molecule has 0 amide bonds. The van der Waals surface area contributed by atoms with Crippen molar-refractivity contribution in [3.05, 3.63) is 17.0 Å². The van der Waals surface area contributed by atoms with Gasteiger partial charge in [-0.25, -0.2) is 0 Å². The third-order valence-corrected chi connectivity index (χ3v) is 3.51. The van der Waals surface area contributed by atoms with Crippen molar-refractivity contribution in [2.24, 2.45) is 5.92 Å². The second kappa shape index (κ2) is 4.49. The molecule has 0 radical (unpaired) electrons. The maximum absolute atomic E-state index is 10.9. The molecule has 1 aliphatic rings. The molecule has 2 rings (SSSR count). The van der Waals surface area contributed by atoms with E-state index in [9.17, 15) is 4.79 Å². The molecular weight excluding hydrogens is 218 g/mol. The lowest BCUT2D eigenvalue weighted by Crippen LogP contribution is -2.44. The van der Waals surface area contributed by atoms with Gasteiger partial charge >= 0.3 is 5.97 Å². The van der Waals surface area contributed by atoms with Crippen LogP contribution in [0.1, 0.15) is 29.9 Å². The average Bonchev–Trinajstić information content (AvgIpc) is 2.43. The van der Waals surface area contributed by atoms with Gasteiger partial charge in [0.05, 0.1) is 17.7 Å². The molecule has 5 nitrogen and oxygen atoms in total. The van der Waals surface area contributed by atoms with Gasteiger partial charge in [0.2, 0.25) is 0 Å². The first kappa shape index (κ1) is 12.1. The minimum atomic E-state index is -0.748. The number of aryl methyl sites for hydroxylation is 1. The smallest absolute Gasteiger partial charge is 0.306 e. The molecule has 94 valence electrons. The fourth-order valence-electron chi connectivity index (χ4n) is 2.19. The van der Waals surface area contributed by atoms with E-state index in [-0.39, 0.29) is 5.92 Å². The maximum Gasteiger partial charge on any atom is 0.306 e. The first-order valence-electron chi connectivity index (χ1n) is 5.98. The number of rotatable bonds is 4. The van der Waals surface area contributed by atoms with Crippen LogP contribution in [-0.2, 0) is 11.2 Å². The van der Waals surface area contributed by atoms with Crippen molar-refractivity contribution in [3.8, 4) is 0 Å². The Bertz CT molecular complexity index is 435. The Hall–Kier alpha value is -1.36. The second-order valence-electron chi connectivity index (χ2n) is 4.85. The minimum Gasteiger partial charge on any atom is -0.481 e. The lowest BCUT2D eigenvalue weighted by Gasteiger charge is -2.28. The summed E-state index contributed by atoms with van der Waals surface area (Å²) in [5, 5.41) is 16.7. The highest BCUT2D eigenvalue weighted by molar-refractivity contribution is 5.70. The number of nitrogens with one attached hydrogen (secondary N) is 1. The van der Waals surface area contributed by atoms with E-state index in [0.29, 0.717) is 12.5 Å². The van der Waals surface area contributed by atoms with Crippen molar-refractivity contribution in [3.63, 3.8) is 0 Å². The highest BCUT2D eigenvalue weighted by Gasteiger charge is 2.25. The molecule has 0 aromatic carbocycles. The van der Waals surface area contributed by atoms with E-state index in [4.69, 9.17) is 5.11 Å². The van der Waals surface area contributed by atoms with Crippen molar-refractivity contribution in [2.75, 3.05) is 13.1 Å². The van der Waals surface area contributed by atoms with Crippen LogP contribution in [0.3, 0.4) is 0 Å². The quantitative estimate of drug-likeness (QED) is 0.816. The third-order valence-electron chi connectivity index (χ3n) is 3.51. The lowest BCUT2D eigenvalue weighted by molar-refractivity contribution is -0.141. The van der Waals surface area contributed by atoms with Crippen LogP contribution >= 0.6 is 0 Å². The molecule has 0 aliphatic carbocycles. The molecule has 0 spiro atoms. The summed E-state index contributed by atoms with van der Waals surface area (Å²) in [7, 11) is 0.